The lowest BCUT2D eigenvalue weighted by Gasteiger charge is -2.38. The highest BCUT2D eigenvalue weighted by molar-refractivity contribution is 6.08. The van der Waals surface area contributed by atoms with Gasteiger partial charge in [0.25, 0.3) is 0 Å². The molecule has 198 valence electrons. The Labute approximate surface area is 234 Å². The minimum atomic E-state index is -0.701. The smallest absolute Gasteiger partial charge is 0.331 e. The Morgan fingerprint density at radius 3 is 1.85 bits per heavy atom. The Bertz CT molecular complexity index is 1570. The van der Waals surface area contributed by atoms with Crippen LogP contribution < -0.4 is 14.5 Å². The van der Waals surface area contributed by atoms with E-state index in [9.17, 15) is 4.79 Å². The van der Waals surface area contributed by atoms with Gasteiger partial charge in [0.1, 0.15) is 17.9 Å². The van der Waals surface area contributed by atoms with Crippen LogP contribution in [0.25, 0.3) is 0 Å². The van der Waals surface area contributed by atoms with E-state index in [0.717, 1.165) is 33.8 Å². The fourth-order valence-electron chi connectivity index (χ4n) is 6.48. The third-order valence-corrected chi connectivity index (χ3v) is 8.39. The zero-order valence-corrected chi connectivity index (χ0v) is 22.5. The number of para-hydroxylation sites is 2. The Balaban J connectivity index is 1.43. The number of imidazole rings is 1. The van der Waals surface area contributed by atoms with Gasteiger partial charge in [-0.3, -0.25) is 9.80 Å². The molecule has 2 amide bonds. The van der Waals surface area contributed by atoms with E-state index in [-0.39, 0.29) is 18.1 Å². The molecule has 1 saturated heterocycles. The topological polar surface area (TPSA) is 50.6 Å². The molecule has 0 saturated carbocycles. The maximum absolute atomic E-state index is 14.1. The first kappa shape index (κ1) is 24.2. The van der Waals surface area contributed by atoms with Gasteiger partial charge >= 0.3 is 6.03 Å². The van der Waals surface area contributed by atoms with E-state index in [2.05, 4.69) is 91.2 Å². The summed E-state index contributed by atoms with van der Waals surface area (Å²) in [6.07, 6.45) is 1.89. The van der Waals surface area contributed by atoms with E-state index in [0.29, 0.717) is 12.4 Å². The van der Waals surface area contributed by atoms with Crippen molar-refractivity contribution in [1.29, 1.82) is 0 Å². The highest BCUT2D eigenvalue weighted by Crippen LogP contribution is 2.45. The third kappa shape index (κ3) is 3.42. The summed E-state index contributed by atoms with van der Waals surface area (Å²) >= 11 is 0. The van der Waals surface area contributed by atoms with Gasteiger partial charge in [0, 0.05) is 0 Å². The van der Waals surface area contributed by atoms with Gasteiger partial charge < -0.3 is 9.30 Å². The second kappa shape index (κ2) is 9.42. The molecule has 4 aromatic carbocycles. The summed E-state index contributed by atoms with van der Waals surface area (Å²) in [6.45, 7) is 4.59. The van der Waals surface area contributed by atoms with Crippen molar-refractivity contribution >= 4 is 17.5 Å². The number of urea groups is 1. The van der Waals surface area contributed by atoms with Crippen LogP contribution in [0.15, 0.2) is 122 Å². The Kier molecular flexibility index (Phi) is 5.70. The molecule has 40 heavy (non-hydrogen) atoms. The molecule has 0 spiro atoms. The van der Waals surface area contributed by atoms with Gasteiger partial charge in [-0.1, -0.05) is 103 Å². The van der Waals surface area contributed by atoms with Crippen molar-refractivity contribution in [2.75, 3.05) is 16.4 Å². The average molecular weight is 527 g/mol. The number of rotatable bonds is 5. The SMILES string of the molecule is Cc1c(N2C(=O)N3c4ccccc4OCC3C2C)ncn1C(c1ccccc1)(c1ccccc1)c1ccccc1. The lowest BCUT2D eigenvalue weighted by molar-refractivity contribution is 0.246. The van der Waals surface area contributed by atoms with Crippen molar-refractivity contribution in [3.05, 3.63) is 144 Å². The van der Waals surface area contributed by atoms with Crippen molar-refractivity contribution in [3.8, 4) is 5.75 Å². The number of ether oxygens (including phenoxy) is 1. The van der Waals surface area contributed by atoms with Gasteiger partial charge in [-0.15, -0.1) is 0 Å². The van der Waals surface area contributed by atoms with Gasteiger partial charge in [-0.2, -0.15) is 0 Å². The summed E-state index contributed by atoms with van der Waals surface area (Å²) in [4.78, 5) is 22.8. The summed E-state index contributed by atoms with van der Waals surface area (Å²) in [7, 11) is 0. The van der Waals surface area contributed by atoms with Crippen LogP contribution in [-0.4, -0.2) is 34.3 Å². The molecule has 2 unspecified atom stereocenters. The van der Waals surface area contributed by atoms with Crippen LogP contribution >= 0.6 is 0 Å². The molecule has 5 aromatic rings. The van der Waals surface area contributed by atoms with Crippen LogP contribution in [0.5, 0.6) is 5.75 Å². The van der Waals surface area contributed by atoms with Gasteiger partial charge in [0.2, 0.25) is 0 Å². The highest BCUT2D eigenvalue weighted by Gasteiger charge is 2.50. The minimum absolute atomic E-state index is 0.0775. The normalized spacial score (nSPS) is 18.3. The number of carbonyl (C=O) groups excluding carboxylic acids is 1. The first-order valence-corrected chi connectivity index (χ1v) is 13.7. The van der Waals surface area contributed by atoms with Gasteiger partial charge in [-0.25, -0.2) is 9.78 Å². The summed E-state index contributed by atoms with van der Waals surface area (Å²) in [5.41, 5.74) is 4.35. The molecule has 0 bridgehead atoms. The van der Waals surface area contributed by atoms with Crippen molar-refractivity contribution in [1.82, 2.24) is 9.55 Å². The van der Waals surface area contributed by atoms with Crippen LogP contribution in [-0.2, 0) is 5.54 Å². The van der Waals surface area contributed by atoms with Gasteiger partial charge in [0.05, 0.1) is 29.8 Å². The number of carbonyl (C=O) groups is 1. The zero-order chi connectivity index (χ0) is 27.3. The second-order valence-corrected chi connectivity index (χ2v) is 10.4. The molecular weight excluding hydrogens is 496 g/mol. The molecule has 0 aliphatic carbocycles. The van der Waals surface area contributed by atoms with E-state index in [1.807, 2.05) is 58.6 Å². The third-order valence-electron chi connectivity index (χ3n) is 8.39. The Morgan fingerprint density at radius 2 is 1.27 bits per heavy atom. The monoisotopic (exact) mass is 526 g/mol. The lowest BCUT2D eigenvalue weighted by atomic mass is 9.76. The molecule has 6 nitrogen and oxygen atoms in total. The summed E-state index contributed by atoms with van der Waals surface area (Å²) < 4.78 is 8.28. The molecule has 2 aliphatic heterocycles. The molecule has 1 fully saturated rings. The molecule has 6 heteroatoms. The molecule has 2 aliphatic rings. The quantitative estimate of drug-likeness (QED) is 0.242. The highest BCUT2D eigenvalue weighted by atomic mass is 16.5. The average Bonchev–Trinajstić information content (AvgIpc) is 3.51. The molecule has 2 atom stereocenters. The molecule has 7 rings (SSSR count). The first-order valence-electron chi connectivity index (χ1n) is 13.7. The lowest BCUT2D eigenvalue weighted by Crippen LogP contribution is -2.43. The number of aromatic nitrogens is 2. The van der Waals surface area contributed by atoms with E-state index >= 15 is 0 Å². The number of fused-ring (bicyclic) bond motifs is 3. The maximum atomic E-state index is 14.1. The zero-order valence-electron chi connectivity index (χ0n) is 22.5. The molecule has 0 radical (unpaired) electrons. The van der Waals surface area contributed by atoms with E-state index in [4.69, 9.17) is 9.72 Å². The Morgan fingerprint density at radius 1 is 0.750 bits per heavy atom. The molecule has 0 N–H and O–H groups in total. The van der Waals surface area contributed by atoms with Gasteiger partial charge in [0.15, 0.2) is 5.82 Å². The van der Waals surface area contributed by atoms with E-state index in [1.165, 1.54) is 0 Å². The van der Waals surface area contributed by atoms with Crippen molar-refractivity contribution < 1.29 is 9.53 Å². The standard InChI is InChI=1S/C34H30N4O2/c1-24-30-22-40-31-21-13-12-20-29(31)38(30)33(39)37(24)32-25(2)36(23-35-32)34(26-14-6-3-7-15-26,27-16-8-4-9-17-27)28-18-10-5-11-19-28/h3-21,23-24,30H,22H2,1-2H3. The van der Waals surface area contributed by atoms with Crippen LogP contribution in [0.2, 0.25) is 0 Å². The molecule has 1 aromatic heterocycles. The number of hydrogen-bond acceptors (Lipinski definition) is 3. The predicted molar refractivity (Wildman–Crippen MR) is 157 cm³/mol. The van der Waals surface area contributed by atoms with E-state index in [1.54, 1.807) is 0 Å². The largest absolute Gasteiger partial charge is 0.489 e. The van der Waals surface area contributed by atoms with Gasteiger partial charge in [-0.05, 0) is 42.7 Å². The van der Waals surface area contributed by atoms with Crippen LogP contribution in [0.1, 0.15) is 29.3 Å². The first-order chi connectivity index (χ1) is 19.6. The molecular formula is C34H30N4O2. The number of hydrogen-bond donors (Lipinski definition) is 0. The minimum Gasteiger partial charge on any atom is -0.489 e. The number of anilines is 2. The number of amides is 2. The summed E-state index contributed by atoms with van der Waals surface area (Å²) in [5.74, 6) is 1.40. The predicted octanol–water partition coefficient (Wildman–Crippen LogP) is 6.63. The number of nitrogens with zero attached hydrogens (tertiary/aromatic N) is 4. The fraction of sp³-hybridized carbons (Fsp3) is 0.176. The summed E-state index contributed by atoms with van der Waals surface area (Å²) in [5, 5.41) is 0. The Hall–Kier alpha value is -4.84. The summed E-state index contributed by atoms with van der Waals surface area (Å²) in [6, 6.07) is 39.0. The van der Waals surface area contributed by atoms with Crippen LogP contribution in [0.3, 0.4) is 0 Å². The van der Waals surface area contributed by atoms with Crippen molar-refractivity contribution in [3.63, 3.8) is 0 Å². The fourth-order valence-corrected chi connectivity index (χ4v) is 6.48. The second-order valence-electron chi connectivity index (χ2n) is 10.4. The number of benzene rings is 4. The van der Waals surface area contributed by atoms with Crippen molar-refractivity contribution in [2.45, 2.75) is 31.5 Å². The molecule has 3 heterocycles. The van der Waals surface area contributed by atoms with Crippen LogP contribution in [0, 0.1) is 6.92 Å². The van der Waals surface area contributed by atoms with Crippen LogP contribution in [0.4, 0.5) is 16.3 Å². The van der Waals surface area contributed by atoms with E-state index < -0.39 is 5.54 Å². The maximum Gasteiger partial charge on any atom is 0.331 e. The van der Waals surface area contributed by atoms with Crippen molar-refractivity contribution in [2.24, 2.45) is 0 Å².